The third-order valence-electron chi connectivity index (χ3n) is 1.69. The number of anilines is 1. The maximum atomic E-state index is 4.32. The molecule has 0 aliphatic heterocycles. The van der Waals surface area contributed by atoms with Crippen LogP contribution >= 0.6 is 11.3 Å². The summed E-state index contributed by atoms with van der Waals surface area (Å²) in [6.07, 6.45) is 1.76. The molecule has 0 unspecified atom stereocenters. The topological polar surface area (TPSA) is 37.8 Å². The van der Waals surface area contributed by atoms with Crippen LogP contribution in [0.15, 0.2) is 29.1 Å². The lowest BCUT2D eigenvalue weighted by Crippen LogP contribution is -1.94. The first-order valence-electron chi connectivity index (χ1n) is 3.93. The minimum atomic E-state index is 0.771. The Morgan fingerprint density at radius 1 is 1.38 bits per heavy atom. The van der Waals surface area contributed by atoms with E-state index in [1.54, 1.807) is 17.5 Å². The number of hydrogen-bond acceptors (Lipinski definition) is 4. The predicted octanol–water partition coefficient (Wildman–Crippen LogP) is 2.25. The highest BCUT2D eigenvalue weighted by molar-refractivity contribution is 7.08. The van der Waals surface area contributed by atoms with E-state index < -0.39 is 0 Å². The summed E-state index contributed by atoms with van der Waals surface area (Å²) in [5.74, 6) is 1.62. The van der Waals surface area contributed by atoms with Crippen LogP contribution < -0.4 is 5.32 Å². The molecular weight excluding hydrogens is 182 g/mol. The second-order valence-corrected chi connectivity index (χ2v) is 3.31. The van der Waals surface area contributed by atoms with Crippen LogP contribution in [0, 0.1) is 0 Å². The summed E-state index contributed by atoms with van der Waals surface area (Å²) in [7, 11) is 1.85. The third-order valence-corrected chi connectivity index (χ3v) is 2.37. The van der Waals surface area contributed by atoms with Crippen molar-refractivity contribution in [2.24, 2.45) is 0 Å². The van der Waals surface area contributed by atoms with Crippen molar-refractivity contribution >= 4 is 17.2 Å². The Kier molecular flexibility index (Phi) is 2.23. The second-order valence-electron chi connectivity index (χ2n) is 2.53. The van der Waals surface area contributed by atoms with Gasteiger partial charge in [-0.05, 0) is 17.5 Å². The van der Waals surface area contributed by atoms with E-state index in [9.17, 15) is 0 Å². The van der Waals surface area contributed by atoms with E-state index in [2.05, 4.69) is 15.3 Å². The zero-order chi connectivity index (χ0) is 9.10. The van der Waals surface area contributed by atoms with Gasteiger partial charge in [-0.1, -0.05) is 0 Å². The highest BCUT2D eigenvalue weighted by Crippen LogP contribution is 2.18. The van der Waals surface area contributed by atoms with Crippen LogP contribution in [0.4, 0.5) is 5.82 Å². The number of rotatable bonds is 2. The van der Waals surface area contributed by atoms with E-state index in [1.165, 1.54) is 0 Å². The van der Waals surface area contributed by atoms with Gasteiger partial charge in [-0.3, -0.25) is 0 Å². The van der Waals surface area contributed by atoms with Crippen LogP contribution in [0.1, 0.15) is 0 Å². The zero-order valence-electron chi connectivity index (χ0n) is 7.19. The van der Waals surface area contributed by atoms with Gasteiger partial charge < -0.3 is 5.32 Å². The van der Waals surface area contributed by atoms with E-state index in [4.69, 9.17) is 0 Å². The normalized spacial score (nSPS) is 9.92. The standard InChI is InChI=1S/C9H9N3S/c1-10-8-2-4-11-9(12-8)7-3-5-13-6-7/h2-6H,1H3,(H,10,11,12). The summed E-state index contributed by atoms with van der Waals surface area (Å²) >= 11 is 1.65. The Morgan fingerprint density at radius 2 is 2.31 bits per heavy atom. The molecule has 2 rings (SSSR count). The molecule has 2 aromatic rings. The van der Waals surface area contributed by atoms with Gasteiger partial charge in [0, 0.05) is 24.2 Å². The first-order valence-corrected chi connectivity index (χ1v) is 4.88. The highest BCUT2D eigenvalue weighted by Gasteiger charge is 2.00. The summed E-state index contributed by atoms with van der Waals surface area (Å²) in [5, 5.41) is 7.04. The Balaban J connectivity index is 2.41. The molecule has 0 aliphatic carbocycles. The van der Waals surface area contributed by atoms with E-state index in [0.717, 1.165) is 17.2 Å². The average Bonchev–Trinajstić information content (AvgIpc) is 2.71. The Morgan fingerprint density at radius 3 is 3.00 bits per heavy atom. The molecule has 0 saturated carbocycles. The van der Waals surface area contributed by atoms with Gasteiger partial charge in [0.05, 0.1) is 0 Å². The fourth-order valence-electron chi connectivity index (χ4n) is 1.03. The summed E-state index contributed by atoms with van der Waals surface area (Å²) in [6.45, 7) is 0. The van der Waals surface area contributed by atoms with Gasteiger partial charge in [0.2, 0.25) is 0 Å². The van der Waals surface area contributed by atoms with Gasteiger partial charge in [-0.2, -0.15) is 11.3 Å². The molecule has 13 heavy (non-hydrogen) atoms. The van der Waals surface area contributed by atoms with Gasteiger partial charge in [-0.15, -0.1) is 0 Å². The molecule has 4 heteroatoms. The smallest absolute Gasteiger partial charge is 0.162 e. The van der Waals surface area contributed by atoms with Crippen molar-refractivity contribution in [2.45, 2.75) is 0 Å². The van der Waals surface area contributed by atoms with Crippen molar-refractivity contribution in [1.82, 2.24) is 9.97 Å². The van der Waals surface area contributed by atoms with Gasteiger partial charge >= 0.3 is 0 Å². The maximum Gasteiger partial charge on any atom is 0.162 e. The molecule has 3 nitrogen and oxygen atoms in total. The lowest BCUT2D eigenvalue weighted by Gasteiger charge is -1.99. The zero-order valence-corrected chi connectivity index (χ0v) is 8.01. The Hall–Kier alpha value is -1.42. The predicted molar refractivity (Wildman–Crippen MR) is 54.9 cm³/mol. The fourth-order valence-corrected chi connectivity index (χ4v) is 1.66. The first-order chi connectivity index (χ1) is 6.40. The summed E-state index contributed by atoms with van der Waals surface area (Å²) in [6, 6.07) is 3.86. The van der Waals surface area contributed by atoms with E-state index >= 15 is 0 Å². The molecule has 0 atom stereocenters. The van der Waals surface area contributed by atoms with Gasteiger partial charge in [0.15, 0.2) is 5.82 Å². The molecule has 0 bridgehead atoms. The summed E-state index contributed by atoms with van der Waals surface area (Å²) in [4.78, 5) is 8.50. The number of aromatic nitrogens is 2. The molecule has 1 N–H and O–H groups in total. The largest absolute Gasteiger partial charge is 0.373 e. The number of nitrogens with one attached hydrogen (secondary N) is 1. The summed E-state index contributed by atoms with van der Waals surface area (Å²) < 4.78 is 0. The van der Waals surface area contributed by atoms with E-state index in [0.29, 0.717) is 0 Å². The monoisotopic (exact) mass is 191 g/mol. The third kappa shape index (κ3) is 1.67. The molecule has 0 spiro atoms. The fraction of sp³-hybridized carbons (Fsp3) is 0.111. The molecular formula is C9H9N3S. The lowest BCUT2D eigenvalue weighted by atomic mass is 10.3. The van der Waals surface area contributed by atoms with Gasteiger partial charge in [0.25, 0.3) is 0 Å². The molecule has 2 heterocycles. The number of hydrogen-bond donors (Lipinski definition) is 1. The molecule has 0 fully saturated rings. The Labute approximate surface area is 80.5 Å². The molecule has 66 valence electrons. The van der Waals surface area contributed by atoms with Gasteiger partial charge in [0.1, 0.15) is 5.82 Å². The molecule has 0 radical (unpaired) electrons. The van der Waals surface area contributed by atoms with Crippen LogP contribution in [-0.2, 0) is 0 Å². The van der Waals surface area contributed by atoms with Crippen LogP contribution in [0.25, 0.3) is 11.4 Å². The van der Waals surface area contributed by atoms with E-state index in [1.807, 2.05) is 29.9 Å². The second kappa shape index (κ2) is 3.53. The number of nitrogens with zero attached hydrogens (tertiary/aromatic N) is 2. The van der Waals surface area contributed by atoms with Crippen LogP contribution in [-0.4, -0.2) is 17.0 Å². The highest BCUT2D eigenvalue weighted by atomic mass is 32.1. The maximum absolute atomic E-state index is 4.32. The summed E-state index contributed by atoms with van der Waals surface area (Å²) in [5.41, 5.74) is 1.07. The minimum Gasteiger partial charge on any atom is -0.373 e. The molecule has 0 aromatic carbocycles. The lowest BCUT2D eigenvalue weighted by molar-refractivity contribution is 1.17. The average molecular weight is 191 g/mol. The van der Waals surface area contributed by atoms with Crippen LogP contribution in [0.3, 0.4) is 0 Å². The molecule has 0 amide bonds. The van der Waals surface area contributed by atoms with Crippen molar-refractivity contribution < 1.29 is 0 Å². The molecule has 2 aromatic heterocycles. The van der Waals surface area contributed by atoms with Crippen molar-refractivity contribution in [3.05, 3.63) is 29.1 Å². The SMILES string of the molecule is CNc1ccnc(-c2ccsc2)n1. The minimum absolute atomic E-state index is 0.771. The van der Waals surface area contributed by atoms with Crippen molar-refractivity contribution in [1.29, 1.82) is 0 Å². The number of thiophene rings is 1. The van der Waals surface area contributed by atoms with Crippen molar-refractivity contribution in [2.75, 3.05) is 12.4 Å². The quantitative estimate of drug-likeness (QED) is 0.791. The van der Waals surface area contributed by atoms with Crippen LogP contribution in [0.2, 0.25) is 0 Å². The molecule has 0 saturated heterocycles. The Bertz CT molecular complexity index is 384. The van der Waals surface area contributed by atoms with Gasteiger partial charge in [-0.25, -0.2) is 9.97 Å². The van der Waals surface area contributed by atoms with Crippen molar-refractivity contribution in [3.8, 4) is 11.4 Å². The van der Waals surface area contributed by atoms with Crippen molar-refractivity contribution in [3.63, 3.8) is 0 Å². The van der Waals surface area contributed by atoms with E-state index in [-0.39, 0.29) is 0 Å². The molecule has 0 aliphatic rings. The first kappa shape index (κ1) is 8.19. The van der Waals surface area contributed by atoms with Crippen LogP contribution in [0.5, 0.6) is 0 Å².